The molecule has 17 heavy (non-hydrogen) atoms. The van der Waals surface area contributed by atoms with Crippen LogP contribution in [0, 0.1) is 5.82 Å². The van der Waals surface area contributed by atoms with Crippen LogP contribution in [-0.4, -0.2) is 23.7 Å². The van der Waals surface area contributed by atoms with E-state index in [-0.39, 0.29) is 5.82 Å². The lowest BCUT2D eigenvalue weighted by Crippen LogP contribution is -2.10. The van der Waals surface area contributed by atoms with Gasteiger partial charge in [-0.2, -0.15) is 4.98 Å². The quantitative estimate of drug-likeness (QED) is 0.942. The molecule has 2 rings (SSSR count). The molecule has 4 nitrogen and oxygen atoms in total. The molecular formula is C11H11BrFN3O. The highest BCUT2D eigenvalue weighted by molar-refractivity contribution is 9.10. The van der Waals surface area contributed by atoms with Crippen molar-refractivity contribution in [1.29, 1.82) is 0 Å². The lowest BCUT2D eigenvalue weighted by molar-refractivity contribution is 0.421. The fourth-order valence-electron chi connectivity index (χ4n) is 1.39. The van der Waals surface area contributed by atoms with E-state index in [1.165, 1.54) is 12.1 Å². The topological polar surface area (TPSA) is 51.0 Å². The Balaban J connectivity index is 2.24. The summed E-state index contributed by atoms with van der Waals surface area (Å²) in [6, 6.07) is 4.47. The van der Waals surface area contributed by atoms with E-state index >= 15 is 0 Å². The van der Waals surface area contributed by atoms with Crippen LogP contribution in [0.15, 0.2) is 27.2 Å². The van der Waals surface area contributed by atoms with Gasteiger partial charge in [0.25, 0.3) is 5.89 Å². The fourth-order valence-corrected chi connectivity index (χ4v) is 1.85. The number of nitrogens with zero attached hydrogens (tertiary/aromatic N) is 2. The van der Waals surface area contributed by atoms with Crippen molar-refractivity contribution >= 4 is 15.9 Å². The Morgan fingerprint density at radius 2 is 2.24 bits per heavy atom. The van der Waals surface area contributed by atoms with E-state index in [4.69, 9.17) is 4.52 Å². The maximum absolute atomic E-state index is 13.2. The van der Waals surface area contributed by atoms with Crippen molar-refractivity contribution in [2.24, 2.45) is 0 Å². The predicted octanol–water partition coefficient (Wildman–Crippen LogP) is 2.40. The number of benzene rings is 1. The molecule has 0 atom stereocenters. The third kappa shape index (κ3) is 3.10. The zero-order valence-corrected chi connectivity index (χ0v) is 10.8. The van der Waals surface area contributed by atoms with Gasteiger partial charge < -0.3 is 9.84 Å². The molecule has 1 aromatic heterocycles. The second kappa shape index (κ2) is 5.37. The highest BCUT2D eigenvalue weighted by Crippen LogP contribution is 2.23. The van der Waals surface area contributed by atoms with Crippen LogP contribution in [0.5, 0.6) is 0 Å². The summed E-state index contributed by atoms with van der Waals surface area (Å²) in [5, 5.41) is 6.82. The van der Waals surface area contributed by atoms with Gasteiger partial charge in [0.15, 0.2) is 5.82 Å². The fraction of sp³-hybridized carbons (Fsp3) is 0.273. The van der Waals surface area contributed by atoms with E-state index in [1.54, 1.807) is 6.07 Å². The van der Waals surface area contributed by atoms with Gasteiger partial charge >= 0.3 is 0 Å². The molecule has 90 valence electrons. The van der Waals surface area contributed by atoms with Crippen LogP contribution in [0.1, 0.15) is 5.82 Å². The summed E-state index contributed by atoms with van der Waals surface area (Å²) in [6.07, 6.45) is 0.677. The number of nitrogens with one attached hydrogen (secondary N) is 1. The lowest BCUT2D eigenvalue weighted by Gasteiger charge is -1.96. The summed E-state index contributed by atoms with van der Waals surface area (Å²) in [6.45, 7) is 0.770. The number of aromatic nitrogens is 2. The van der Waals surface area contributed by atoms with E-state index in [2.05, 4.69) is 31.4 Å². The third-order valence-electron chi connectivity index (χ3n) is 2.18. The molecule has 0 bridgehead atoms. The van der Waals surface area contributed by atoms with Crippen molar-refractivity contribution in [3.63, 3.8) is 0 Å². The van der Waals surface area contributed by atoms with E-state index in [1.807, 2.05) is 7.05 Å². The van der Waals surface area contributed by atoms with E-state index in [0.29, 0.717) is 28.2 Å². The average Bonchev–Trinajstić information content (AvgIpc) is 2.73. The van der Waals surface area contributed by atoms with Crippen LogP contribution in [0.3, 0.4) is 0 Å². The molecule has 2 aromatic rings. The molecule has 0 radical (unpaired) electrons. The van der Waals surface area contributed by atoms with Gasteiger partial charge in [0.05, 0.1) is 0 Å². The number of likely N-dealkylation sites (N-methyl/N-ethyl adjacent to an activating group) is 1. The van der Waals surface area contributed by atoms with Crippen molar-refractivity contribution in [2.45, 2.75) is 6.42 Å². The standard InChI is InChI=1S/C11H11BrFN3O/c1-14-3-2-10-15-11(17-16-10)7-4-8(12)6-9(13)5-7/h4-6,14H,2-3H2,1H3. The number of rotatable bonds is 4. The first-order chi connectivity index (χ1) is 8.19. The average molecular weight is 300 g/mol. The van der Waals surface area contributed by atoms with Crippen LogP contribution in [0.4, 0.5) is 4.39 Å². The first kappa shape index (κ1) is 12.2. The molecule has 0 aliphatic rings. The minimum Gasteiger partial charge on any atom is -0.334 e. The Bertz CT molecular complexity index is 495. The molecule has 6 heteroatoms. The predicted molar refractivity (Wildman–Crippen MR) is 65.0 cm³/mol. The highest BCUT2D eigenvalue weighted by Gasteiger charge is 2.10. The van der Waals surface area contributed by atoms with Gasteiger partial charge in [0.1, 0.15) is 5.82 Å². The van der Waals surface area contributed by atoms with Crippen LogP contribution in [0.2, 0.25) is 0 Å². The van der Waals surface area contributed by atoms with Gasteiger partial charge in [-0.1, -0.05) is 21.1 Å². The largest absolute Gasteiger partial charge is 0.334 e. The van der Waals surface area contributed by atoms with Gasteiger partial charge in [-0.3, -0.25) is 0 Å². The zero-order chi connectivity index (χ0) is 12.3. The second-order valence-corrected chi connectivity index (χ2v) is 4.44. The molecule has 0 fully saturated rings. The molecular weight excluding hydrogens is 289 g/mol. The molecule has 0 aliphatic heterocycles. The minimum absolute atomic E-state index is 0.330. The van der Waals surface area contributed by atoms with E-state index in [9.17, 15) is 4.39 Å². The monoisotopic (exact) mass is 299 g/mol. The first-order valence-electron chi connectivity index (χ1n) is 5.12. The second-order valence-electron chi connectivity index (χ2n) is 3.53. The van der Waals surface area contributed by atoms with Crippen molar-refractivity contribution in [3.05, 3.63) is 34.3 Å². The molecule has 0 aliphatic carbocycles. The molecule has 1 aromatic carbocycles. The summed E-state index contributed by atoms with van der Waals surface area (Å²) >= 11 is 3.22. The third-order valence-corrected chi connectivity index (χ3v) is 2.63. The number of hydrogen-bond acceptors (Lipinski definition) is 4. The Kier molecular flexibility index (Phi) is 3.86. The van der Waals surface area contributed by atoms with Gasteiger partial charge in [-0.15, -0.1) is 0 Å². The molecule has 0 saturated heterocycles. The summed E-state index contributed by atoms with van der Waals surface area (Å²) in [4.78, 5) is 4.19. The maximum atomic E-state index is 13.2. The van der Waals surface area contributed by atoms with Crippen LogP contribution >= 0.6 is 15.9 Å². The molecule has 0 amide bonds. The Labute approximate surface area is 106 Å². The summed E-state index contributed by atoms with van der Waals surface area (Å²) < 4.78 is 18.9. The zero-order valence-electron chi connectivity index (χ0n) is 9.20. The Morgan fingerprint density at radius 1 is 1.41 bits per heavy atom. The summed E-state index contributed by atoms with van der Waals surface area (Å²) in [7, 11) is 1.85. The molecule has 0 unspecified atom stereocenters. The molecule has 0 spiro atoms. The summed E-state index contributed by atoms with van der Waals surface area (Å²) in [5.74, 6) is 0.593. The van der Waals surface area contributed by atoms with Gasteiger partial charge in [0.2, 0.25) is 0 Å². The van der Waals surface area contributed by atoms with Gasteiger partial charge in [-0.25, -0.2) is 4.39 Å². The Morgan fingerprint density at radius 3 is 2.94 bits per heavy atom. The van der Waals surface area contributed by atoms with E-state index < -0.39 is 0 Å². The van der Waals surface area contributed by atoms with E-state index in [0.717, 1.165) is 6.54 Å². The number of halogens is 2. The Hall–Kier alpha value is -1.27. The highest BCUT2D eigenvalue weighted by atomic mass is 79.9. The number of hydrogen-bond donors (Lipinski definition) is 1. The molecule has 1 heterocycles. The van der Waals surface area contributed by atoms with Gasteiger partial charge in [0, 0.05) is 23.0 Å². The molecule has 0 saturated carbocycles. The van der Waals surface area contributed by atoms with Crippen LogP contribution in [0.25, 0.3) is 11.5 Å². The van der Waals surface area contributed by atoms with Crippen molar-refractivity contribution in [2.75, 3.05) is 13.6 Å². The smallest absolute Gasteiger partial charge is 0.258 e. The van der Waals surface area contributed by atoms with Crippen LogP contribution in [-0.2, 0) is 6.42 Å². The lowest BCUT2D eigenvalue weighted by atomic mass is 10.2. The van der Waals surface area contributed by atoms with Crippen molar-refractivity contribution in [3.8, 4) is 11.5 Å². The van der Waals surface area contributed by atoms with Crippen molar-refractivity contribution in [1.82, 2.24) is 15.5 Å². The van der Waals surface area contributed by atoms with Crippen molar-refractivity contribution < 1.29 is 8.91 Å². The first-order valence-corrected chi connectivity index (χ1v) is 5.92. The minimum atomic E-state index is -0.343. The summed E-state index contributed by atoms with van der Waals surface area (Å²) in [5.41, 5.74) is 0.570. The van der Waals surface area contributed by atoms with Gasteiger partial charge in [-0.05, 0) is 25.2 Å². The normalized spacial score (nSPS) is 10.8. The SMILES string of the molecule is CNCCc1noc(-c2cc(F)cc(Br)c2)n1. The molecule has 1 N–H and O–H groups in total. The van der Waals surface area contributed by atoms with Crippen LogP contribution < -0.4 is 5.32 Å². The maximum Gasteiger partial charge on any atom is 0.258 e.